The minimum Gasteiger partial charge on any atom is -0.339 e. The third-order valence-electron chi connectivity index (χ3n) is 3.61. The van der Waals surface area contributed by atoms with Crippen molar-refractivity contribution in [2.45, 2.75) is 26.2 Å². The summed E-state index contributed by atoms with van der Waals surface area (Å²) in [5.74, 6) is 1.98. The Balaban J connectivity index is 1.74. The highest BCUT2D eigenvalue weighted by molar-refractivity contribution is 5.53. The molecule has 19 heavy (non-hydrogen) atoms. The van der Waals surface area contributed by atoms with Gasteiger partial charge < -0.3 is 9.84 Å². The number of nitrogens with one attached hydrogen (secondary N) is 1. The zero-order chi connectivity index (χ0) is 13.1. The number of hydrogen-bond acceptors (Lipinski definition) is 5. The summed E-state index contributed by atoms with van der Waals surface area (Å²) in [6.07, 6.45) is 4.99. The van der Waals surface area contributed by atoms with E-state index in [9.17, 15) is 0 Å². The molecule has 1 N–H and O–H groups in total. The Kier molecular flexibility index (Phi) is 3.55. The van der Waals surface area contributed by atoms with Crippen LogP contribution in [0.2, 0.25) is 0 Å². The molecule has 2 aromatic rings. The Bertz CT molecular complexity index is 546. The molecule has 0 aliphatic carbocycles. The smallest absolute Gasteiger partial charge is 0.227 e. The maximum absolute atomic E-state index is 5.36. The molecule has 0 bridgehead atoms. The van der Waals surface area contributed by atoms with Crippen LogP contribution in [-0.2, 0) is 6.42 Å². The number of aromatic nitrogens is 3. The van der Waals surface area contributed by atoms with Gasteiger partial charge in [0.15, 0.2) is 0 Å². The van der Waals surface area contributed by atoms with E-state index in [4.69, 9.17) is 4.52 Å². The fourth-order valence-corrected chi connectivity index (χ4v) is 2.49. The highest BCUT2D eigenvalue weighted by Crippen LogP contribution is 2.20. The molecule has 2 aromatic heterocycles. The second-order valence-corrected chi connectivity index (χ2v) is 5.08. The Morgan fingerprint density at radius 3 is 3.00 bits per heavy atom. The minimum atomic E-state index is 0.599. The molecule has 1 aliphatic rings. The van der Waals surface area contributed by atoms with Crippen LogP contribution in [0.25, 0.3) is 11.5 Å². The van der Waals surface area contributed by atoms with Crippen LogP contribution >= 0.6 is 0 Å². The lowest BCUT2D eigenvalue weighted by Gasteiger charge is -2.20. The molecule has 3 rings (SSSR count). The molecular weight excluding hydrogens is 240 g/mol. The van der Waals surface area contributed by atoms with Gasteiger partial charge in [-0.2, -0.15) is 4.98 Å². The van der Waals surface area contributed by atoms with Crippen molar-refractivity contribution in [3.05, 3.63) is 29.8 Å². The first-order chi connectivity index (χ1) is 9.33. The van der Waals surface area contributed by atoms with Gasteiger partial charge in [0.25, 0.3) is 0 Å². The molecule has 0 aromatic carbocycles. The summed E-state index contributed by atoms with van der Waals surface area (Å²) >= 11 is 0. The van der Waals surface area contributed by atoms with Crippen molar-refractivity contribution in [1.82, 2.24) is 20.4 Å². The van der Waals surface area contributed by atoms with Crippen molar-refractivity contribution >= 4 is 0 Å². The van der Waals surface area contributed by atoms with E-state index in [1.54, 1.807) is 6.20 Å². The van der Waals surface area contributed by atoms with Gasteiger partial charge in [0.1, 0.15) is 5.69 Å². The van der Waals surface area contributed by atoms with Gasteiger partial charge in [-0.15, -0.1) is 0 Å². The molecular formula is C14H18N4O. The molecule has 3 heterocycles. The summed E-state index contributed by atoms with van der Waals surface area (Å²) in [6.45, 7) is 4.18. The van der Waals surface area contributed by atoms with Gasteiger partial charge in [0, 0.05) is 12.6 Å². The number of nitrogens with zero attached hydrogens (tertiary/aromatic N) is 3. The Morgan fingerprint density at radius 2 is 2.21 bits per heavy atom. The first-order valence-electron chi connectivity index (χ1n) is 6.78. The quantitative estimate of drug-likeness (QED) is 0.912. The van der Waals surface area contributed by atoms with Crippen LogP contribution in [0.1, 0.15) is 24.3 Å². The first kappa shape index (κ1) is 12.3. The zero-order valence-electron chi connectivity index (χ0n) is 11.1. The van der Waals surface area contributed by atoms with Gasteiger partial charge in [-0.3, -0.25) is 4.98 Å². The first-order valence-corrected chi connectivity index (χ1v) is 6.78. The van der Waals surface area contributed by atoms with Crippen molar-refractivity contribution in [3.63, 3.8) is 0 Å². The monoisotopic (exact) mass is 258 g/mol. The minimum absolute atomic E-state index is 0.599. The predicted molar refractivity (Wildman–Crippen MR) is 71.6 cm³/mol. The summed E-state index contributed by atoms with van der Waals surface area (Å²) in [6, 6.07) is 3.92. The second-order valence-electron chi connectivity index (χ2n) is 5.08. The molecule has 0 unspecified atom stereocenters. The zero-order valence-corrected chi connectivity index (χ0v) is 11.1. The summed E-state index contributed by atoms with van der Waals surface area (Å²) in [7, 11) is 0. The molecule has 0 spiro atoms. The molecule has 0 atom stereocenters. The highest BCUT2D eigenvalue weighted by atomic mass is 16.5. The lowest BCUT2D eigenvalue weighted by molar-refractivity contribution is 0.313. The van der Waals surface area contributed by atoms with Crippen LogP contribution in [0.3, 0.4) is 0 Å². The van der Waals surface area contributed by atoms with E-state index < -0.39 is 0 Å². The summed E-state index contributed by atoms with van der Waals surface area (Å²) < 4.78 is 5.36. The van der Waals surface area contributed by atoms with Crippen LogP contribution in [0.15, 0.2) is 22.9 Å². The van der Waals surface area contributed by atoms with Crippen molar-refractivity contribution in [2.75, 3.05) is 13.1 Å². The number of piperidine rings is 1. The van der Waals surface area contributed by atoms with Crippen LogP contribution < -0.4 is 5.32 Å². The van der Waals surface area contributed by atoms with E-state index in [-0.39, 0.29) is 0 Å². The molecule has 0 amide bonds. The van der Waals surface area contributed by atoms with Gasteiger partial charge in [-0.05, 0) is 50.4 Å². The summed E-state index contributed by atoms with van der Waals surface area (Å²) in [5, 5.41) is 7.41. The third-order valence-corrected chi connectivity index (χ3v) is 3.61. The molecule has 100 valence electrons. The van der Waals surface area contributed by atoms with Gasteiger partial charge in [0.05, 0.1) is 0 Å². The van der Waals surface area contributed by atoms with Crippen LogP contribution in [-0.4, -0.2) is 28.2 Å². The van der Waals surface area contributed by atoms with Crippen LogP contribution in [0.4, 0.5) is 0 Å². The largest absolute Gasteiger partial charge is 0.339 e. The fraction of sp³-hybridized carbons (Fsp3) is 0.500. The maximum Gasteiger partial charge on any atom is 0.227 e. The Labute approximate surface area is 112 Å². The average Bonchev–Trinajstić information content (AvgIpc) is 2.89. The van der Waals surface area contributed by atoms with E-state index in [1.807, 2.05) is 19.1 Å². The van der Waals surface area contributed by atoms with Crippen LogP contribution in [0, 0.1) is 12.8 Å². The van der Waals surface area contributed by atoms with Gasteiger partial charge >= 0.3 is 0 Å². The standard InChI is InChI=1S/C14H18N4O/c1-10-3-2-6-16-13(10)14-17-12(19-18-14)9-11-4-7-15-8-5-11/h2-3,6,11,15H,4-5,7-9H2,1H3. The fourth-order valence-electron chi connectivity index (χ4n) is 2.49. The summed E-state index contributed by atoms with van der Waals surface area (Å²) in [5.41, 5.74) is 1.87. The Hall–Kier alpha value is -1.75. The average molecular weight is 258 g/mol. The van der Waals surface area contributed by atoms with E-state index in [2.05, 4.69) is 20.4 Å². The van der Waals surface area contributed by atoms with Crippen molar-refractivity contribution < 1.29 is 4.52 Å². The molecule has 1 fully saturated rings. The van der Waals surface area contributed by atoms with E-state index in [0.29, 0.717) is 11.7 Å². The Morgan fingerprint density at radius 1 is 1.37 bits per heavy atom. The molecule has 1 aliphatic heterocycles. The molecule has 5 nitrogen and oxygen atoms in total. The SMILES string of the molecule is Cc1cccnc1-c1noc(CC2CCNCC2)n1. The number of aryl methyl sites for hydroxylation is 1. The number of pyridine rings is 1. The lowest BCUT2D eigenvalue weighted by atomic mass is 9.95. The normalized spacial score (nSPS) is 16.7. The van der Waals surface area contributed by atoms with Gasteiger partial charge in [-0.1, -0.05) is 11.2 Å². The van der Waals surface area contributed by atoms with Crippen molar-refractivity contribution in [2.24, 2.45) is 5.92 Å². The molecule has 0 saturated carbocycles. The van der Waals surface area contributed by atoms with Gasteiger partial charge in [-0.25, -0.2) is 0 Å². The molecule has 0 radical (unpaired) electrons. The predicted octanol–water partition coefficient (Wildman–Crippen LogP) is 1.98. The van der Waals surface area contributed by atoms with E-state index in [1.165, 1.54) is 12.8 Å². The summed E-state index contributed by atoms with van der Waals surface area (Å²) in [4.78, 5) is 8.79. The van der Waals surface area contributed by atoms with Crippen molar-refractivity contribution in [3.8, 4) is 11.5 Å². The van der Waals surface area contributed by atoms with Crippen molar-refractivity contribution in [1.29, 1.82) is 0 Å². The third kappa shape index (κ3) is 2.81. The van der Waals surface area contributed by atoms with Gasteiger partial charge in [0.2, 0.25) is 11.7 Å². The van der Waals surface area contributed by atoms with E-state index in [0.717, 1.165) is 36.7 Å². The topological polar surface area (TPSA) is 63.8 Å². The number of hydrogen-bond donors (Lipinski definition) is 1. The molecule has 1 saturated heterocycles. The van der Waals surface area contributed by atoms with Crippen LogP contribution in [0.5, 0.6) is 0 Å². The van der Waals surface area contributed by atoms with E-state index >= 15 is 0 Å². The maximum atomic E-state index is 5.36. The number of rotatable bonds is 3. The second kappa shape index (κ2) is 5.48. The highest BCUT2D eigenvalue weighted by Gasteiger charge is 2.18. The lowest BCUT2D eigenvalue weighted by Crippen LogP contribution is -2.28. The molecule has 5 heteroatoms.